The average Bonchev–Trinajstić information content (AvgIpc) is 2.72. The first kappa shape index (κ1) is 28.5. The second kappa shape index (κ2) is 11.6. The molecule has 0 fully saturated rings. The molecule has 34 heavy (non-hydrogen) atoms. The van der Waals surface area contributed by atoms with Gasteiger partial charge in [0, 0.05) is 11.1 Å². The molecular weight excluding hydrogens is 440 g/mol. The molecule has 0 heterocycles. The predicted octanol–water partition coefficient (Wildman–Crippen LogP) is 1.36. The summed E-state index contributed by atoms with van der Waals surface area (Å²) >= 11 is 0. The monoisotopic (exact) mass is 472 g/mol. The molecular formula is C25H32N2O7. The van der Waals surface area contributed by atoms with Gasteiger partial charge < -0.3 is 30.3 Å². The van der Waals surface area contributed by atoms with Crippen LogP contribution in [0.25, 0.3) is 0 Å². The molecule has 0 saturated carbocycles. The minimum absolute atomic E-state index is 0.252. The summed E-state index contributed by atoms with van der Waals surface area (Å²) in [5.41, 5.74) is -2.69. The fourth-order valence-corrected chi connectivity index (χ4v) is 2.52. The highest BCUT2D eigenvalue weighted by Crippen LogP contribution is 2.15. The average molecular weight is 473 g/mol. The number of rotatable bonds is 6. The van der Waals surface area contributed by atoms with Crippen molar-refractivity contribution in [3.8, 4) is 23.7 Å². The molecule has 9 nitrogen and oxygen atoms in total. The number of nitrogens with one attached hydrogen (secondary N) is 2. The SMILES string of the molecule is COC(=O)C(NC(=O)c1ccc(C#CC#C[C@](C)(O)CO)cc1)C(C)(C)NC(=O)OC(C)(C)C. The van der Waals surface area contributed by atoms with Crippen LogP contribution in [0.5, 0.6) is 0 Å². The smallest absolute Gasteiger partial charge is 0.408 e. The van der Waals surface area contributed by atoms with Crippen molar-refractivity contribution in [2.24, 2.45) is 0 Å². The molecule has 1 aromatic carbocycles. The van der Waals surface area contributed by atoms with E-state index in [0.717, 1.165) is 0 Å². The Morgan fingerprint density at radius 1 is 1.03 bits per heavy atom. The molecule has 1 aromatic rings. The van der Waals surface area contributed by atoms with Gasteiger partial charge >= 0.3 is 12.1 Å². The first-order chi connectivity index (χ1) is 15.6. The van der Waals surface area contributed by atoms with Gasteiger partial charge in [0.15, 0.2) is 0 Å². The van der Waals surface area contributed by atoms with Gasteiger partial charge in [0.05, 0.1) is 19.3 Å². The molecule has 0 aliphatic heterocycles. The fraction of sp³-hybridized carbons (Fsp3) is 0.480. The number of aliphatic hydroxyl groups is 2. The maximum absolute atomic E-state index is 12.8. The van der Waals surface area contributed by atoms with Gasteiger partial charge in [-0.05, 0) is 77.6 Å². The molecule has 0 spiro atoms. The summed E-state index contributed by atoms with van der Waals surface area (Å²) in [6.45, 7) is 9.10. The summed E-state index contributed by atoms with van der Waals surface area (Å²) in [6.07, 6.45) is -0.743. The number of hydrogen-bond donors (Lipinski definition) is 4. The number of esters is 1. The zero-order chi connectivity index (χ0) is 26.2. The maximum atomic E-state index is 12.8. The van der Waals surface area contributed by atoms with Crippen molar-refractivity contribution >= 4 is 18.0 Å². The van der Waals surface area contributed by atoms with E-state index >= 15 is 0 Å². The van der Waals surface area contributed by atoms with Crippen LogP contribution in [0.15, 0.2) is 24.3 Å². The van der Waals surface area contributed by atoms with Crippen LogP contribution in [0.4, 0.5) is 4.79 Å². The molecule has 0 aliphatic rings. The minimum Gasteiger partial charge on any atom is -0.467 e. The molecule has 1 unspecified atom stereocenters. The van der Waals surface area contributed by atoms with E-state index < -0.39 is 47.4 Å². The number of aliphatic hydroxyl groups excluding tert-OH is 1. The quantitative estimate of drug-likeness (QED) is 0.363. The highest BCUT2D eigenvalue weighted by molar-refractivity contribution is 5.97. The number of amides is 2. The van der Waals surface area contributed by atoms with E-state index in [4.69, 9.17) is 14.6 Å². The Morgan fingerprint density at radius 2 is 1.62 bits per heavy atom. The van der Waals surface area contributed by atoms with Gasteiger partial charge in [-0.3, -0.25) is 4.79 Å². The molecule has 4 N–H and O–H groups in total. The lowest BCUT2D eigenvalue weighted by molar-refractivity contribution is -0.144. The molecule has 2 amide bonds. The first-order valence-electron chi connectivity index (χ1n) is 10.5. The largest absolute Gasteiger partial charge is 0.467 e. The highest BCUT2D eigenvalue weighted by Gasteiger charge is 2.39. The van der Waals surface area contributed by atoms with E-state index in [2.05, 4.69) is 34.3 Å². The number of alkyl carbamates (subject to hydrolysis) is 1. The van der Waals surface area contributed by atoms with Crippen molar-refractivity contribution in [1.29, 1.82) is 0 Å². The van der Waals surface area contributed by atoms with Crippen molar-refractivity contribution in [3.63, 3.8) is 0 Å². The van der Waals surface area contributed by atoms with E-state index in [1.54, 1.807) is 46.8 Å². The Balaban J connectivity index is 2.98. The van der Waals surface area contributed by atoms with Gasteiger partial charge in [0.2, 0.25) is 0 Å². The van der Waals surface area contributed by atoms with Gasteiger partial charge in [0.1, 0.15) is 17.2 Å². The summed E-state index contributed by atoms with van der Waals surface area (Å²) in [4.78, 5) is 37.4. The van der Waals surface area contributed by atoms with Crippen LogP contribution in [-0.2, 0) is 14.3 Å². The number of ether oxygens (including phenoxy) is 2. The summed E-state index contributed by atoms with van der Waals surface area (Å²) in [6, 6.07) is 5.00. The summed E-state index contributed by atoms with van der Waals surface area (Å²) < 4.78 is 10.1. The molecule has 184 valence electrons. The van der Waals surface area contributed by atoms with Crippen molar-refractivity contribution < 1.29 is 34.1 Å². The first-order valence-corrected chi connectivity index (χ1v) is 10.5. The van der Waals surface area contributed by atoms with E-state index in [9.17, 15) is 19.5 Å². The van der Waals surface area contributed by atoms with Crippen LogP contribution in [0.2, 0.25) is 0 Å². The molecule has 0 aromatic heterocycles. The van der Waals surface area contributed by atoms with Gasteiger partial charge in [-0.1, -0.05) is 11.8 Å². The fourth-order valence-electron chi connectivity index (χ4n) is 2.52. The van der Waals surface area contributed by atoms with Crippen LogP contribution in [0.1, 0.15) is 57.5 Å². The minimum atomic E-state index is -1.53. The lowest BCUT2D eigenvalue weighted by Crippen LogP contribution is -2.62. The Kier molecular flexibility index (Phi) is 9.69. The standard InChI is InChI=1S/C25H32N2O7/c1-23(2,3)34-22(31)27-24(4,5)19(21(30)33-7)26-20(29)18-13-11-17(12-14-18)10-8-9-15-25(6,32)16-28/h11-14,19,28,32H,16H2,1-7H3,(H,26,29)(H,27,31)/t19?,25-/m0/s1. The summed E-state index contributed by atoms with van der Waals surface area (Å²) in [7, 11) is 1.18. The third kappa shape index (κ3) is 9.53. The maximum Gasteiger partial charge on any atom is 0.408 e. The van der Waals surface area contributed by atoms with Crippen LogP contribution in [0, 0.1) is 23.7 Å². The zero-order valence-corrected chi connectivity index (χ0v) is 20.5. The normalized spacial score (nSPS) is 13.6. The molecule has 0 bridgehead atoms. The lowest BCUT2D eigenvalue weighted by Gasteiger charge is -2.34. The number of carbonyl (C=O) groups is 3. The summed E-state index contributed by atoms with van der Waals surface area (Å²) in [5, 5.41) is 23.7. The molecule has 9 heteroatoms. The second-order valence-corrected chi connectivity index (χ2v) is 9.29. The lowest BCUT2D eigenvalue weighted by atomic mass is 9.94. The van der Waals surface area contributed by atoms with Gasteiger partial charge in [-0.2, -0.15) is 0 Å². The second-order valence-electron chi connectivity index (χ2n) is 9.29. The third-order valence-corrected chi connectivity index (χ3v) is 4.31. The Labute approximate surface area is 200 Å². The van der Waals surface area contributed by atoms with E-state index in [0.29, 0.717) is 5.56 Å². The van der Waals surface area contributed by atoms with Crippen LogP contribution in [0.3, 0.4) is 0 Å². The van der Waals surface area contributed by atoms with Gasteiger partial charge in [-0.15, -0.1) is 0 Å². The predicted molar refractivity (Wildman–Crippen MR) is 126 cm³/mol. The number of benzene rings is 1. The Hall–Kier alpha value is -3.53. The molecule has 1 rings (SSSR count). The van der Waals surface area contributed by atoms with Gasteiger partial charge in [0.25, 0.3) is 5.91 Å². The van der Waals surface area contributed by atoms with Crippen molar-refractivity contribution in [1.82, 2.24) is 10.6 Å². The molecule has 0 saturated heterocycles. The Bertz CT molecular complexity index is 1010. The van der Waals surface area contributed by atoms with Crippen molar-refractivity contribution in [3.05, 3.63) is 35.4 Å². The summed E-state index contributed by atoms with van der Waals surface area (Å²) in [5.74, 6) is 8.88. The molecule has 0 aliphatic carbocycles. The van der Waals surface area contributed by atoms with Crippen LogP contribution in [-0.4, -0.2) is 64.7 Å². The topological polar surface area (TPSA) is 134 Å². The van der Waals surface area contributed by atoms with Crippen LogP contribution >= 0.6 is 0 Å². The number of hydrogen-bond acceptors (Lipinski definition) is 7. The van der Waals surface area contributed by atoms with Gasteiger partial charge in [-0.25, -0.2) is 9.59 Å². The van der Waals surface area contributed by atoms with E-state index in [-0.39, 0.29) is 5.56 Å². The van der Waals surface area contributed by atoms with E-state index in [1.165, 1.54) is 26.2 Å². The molecule has 0 radical (unpaired) electrons. The highest BCUT2D eigenvalue weighted by atomic mass is 16.6. The number of carbonyl (C=O) groups excluding carboxylic acids is 3. The zero-order valence-electron chi connectivity index (χ0n) is 20.5. The van der Waals surface area contributed by atoms with E-state index in [1.807, 2.05) is 0 Å². The van der Waals surface area contributed by atoms with Crippen molar-refractivity contribution in [2.45, 2.75) is 64.3 Å². The molecule has 2 atom stereocenters. The Morgan fingerprint density at radius 3 is 2.12 bits per heavy atom. The van der Waals surface area contributed by atoms with Crippen molar-refractivity contribution in [2.75, 3.05) is 13.7 Å². The third-order valence-electron chi connectivity index (χ3n) is 4.31. The number of methoxy groups -OCH3 is 1. The van der Waals surface area contributed by atoms with Crippen LogP contribution < -0.4 is 10.6 Å².